The first-order chi connectivity index (χ1) is 7.34. The minimum Gasteiger partial charge on any atom is -0.381 e. The number of pyridine rings is 1. The first-order valence-corrected chi connectivity index (χ1v) is 5.76. The maximum atomic E-state index is 5.80. The van der Waals surface area contributed by atoms with E-state index in [0.717, 1.165) is 12.2 Å². The van der Waals surface area contributed by atoms with Crippen LogP contribution in [0.4, 0.5) is 5.69 Å². The zero-order chi connectivity index (χ0) is 10.5. The van der Waals surface area contributed by atoms with Gasteiger partial charge in [0.05, 0.1) is 0 Å². The van der Waals surface area contributed by atoms with Crippen LogP contribution in [0.25, 0.3) is 0 Å². The molecule has 80 valence electrons. The normalized spacial score (nSPS) is 15.9. The second-order valence-corrected chi connectivity index (χ2v) is 4.22. The summed E-state index contributed by atoms with van der Waals surface area (Å²) in [7, 11) is 0. The van der Waals surface area contributed by atoms with E-state index in [1.807, 2.05) is 12.1 Å². The summed E-state index contributed by atoms with van der Waals surface area (Å²) in [5, 5.41) is 3.90. The zero-order valence-corrected chi connectivity index (χ0v) is 9.43. The number of aromatic nitrogens is 1. The number of nitrogens with zero attached hydrogens (tertiary/aromatic N) is 1. The van der Waals surface area contributed by atoms with Crippen LogP contribution in [0.15, 0.2) is 30.0 Å². The van der Waals surface area contributed by atoms with Crippen LogP contribution in [-0.2, 0) is 0 Å². The van der Waals surface area contributed by atoms with Crippen molar-refractivity contribution < 1.29 is 0 Å². The van der Waals surface area contributed by atoms with Gasteiger partial charge in [-0.1, -0.05) is 23.3 Å². The summed E-state index contributed by atoms with van der Waals surface area (Å²) in [6, 6.07) is 3.79. The summed E-state index contributed by atoms with van der Waals surface area (Å²) in [5.74, 6) is 0. The lowest BCUT2D eigenvalue weighted by molar-refractivity contribution is 0.695. The van der Waals surface area contributed by atoms with Gasteiger partial charge in [0.1, 0.15) is 5.15 Å². The van der Waals surface area contributed by atoms with E-state index in [1.165, 1.54) is 31.3 Å². The Morgan fingerprint density at radius 2 is 2.33 bits per heavy atom. The van der Waals surface area contributed by atoms with Crippen LogP contribution in [0.1, 0.15) is 25.7 Å². The van der Waals surface area contributed by atoms with Crippen LogP contribution < -0.4 is 5.32 Å². The average Bonchev–Trinajstić information content (AvgIpc) is 2.28. The molecule has 0 atom stereocenters. The third-order valence-corrected chi connectivity index (χ3v) is 2.84. The molecule has 1 aromatic heterocycles. The lowest BCUT2D eigenvalue weighted by Crippen LogP contribution is -2.07. The van der Waals surface area contributed by atoms with E-state index in [9.17, 15) is 0 Å². The van der Waals surface area contributed by atoms with E-state index in [0.29, 0.717) is 5.15 Å². The lowest BCUT2D eigenvalue weighted by atomic mass is 10.00. The Balaban J connectivity index is 1.90. The molecule has 0 aromatic carbocycles. The third kappa shape index (κ3) is 3.24. The second kappa shape index (κ2) is 5.17. The van der Waals surface area contributed by atoms with E-state index in [1.54, 1.807) is 6.20 Å². The molecule has 2 rings (SSSR count). The van der Waals surface area contributed by atoms with Gasteiger partial charge in [-0.25, -0.2) is 4.98 Å². The van der Waals surface area contributed by atoms with Gasteiger partial charge in [-0.15, -0.1) is 0 Å². The second-order valence-electron chi connectivity index (χ2n) is 3.83. The van der Waals surface area contributed by atoms with Gasteiger partial charge in [0.2, 0.25) is 0 Å². The Morgan fingerprint density at radius 3 is 3.07 bits per heavy atom. The molecule has 0 saturated carbocycles. The SMILES string of the molecule is Clc1cc(NCC2=CCCCC2)ccn1. The highest BCUT2D eigenvalue weighted by Gasteiger charge is 2.03. The van der Waals surface area contributed by atoms with Gasteiger partial charge in [-0.2, -0.15) is 0 Å². The van der Waals surface area contributed by atoms with Crippen molar-refractivity contribution in [3.63, 3.8) is 0 Å². The van der Waals surface area contributed by atoms with Crippen molar-refractivity contribution in [3.05, 3.63) is 35.1 Å². The fourth-order valence-electron chi connectivity index (χ4n) is 1.79. The van der Waals surface area contributed by atoms with Crippen LogP contribution in [0.2, 0.25) is 5.15 Å². The Bertz CT molecular complexity index is 360. The fourth-order valence-corrected chi connectivity index (χ4v) is 1.97. The maximum absolute atomic E-state index is 5.80. The topological polar surface area (TPSA) is 24.9 Å². The van der Waals surface area contributed by atoms with E-state index in [-0.39, 0.29) is 0 Å². The number of rotatable bonds is 3. The van der Waals surface area contributed by atoms with Crippen LogP contribution in [-0.4, -0.2) is 11.5 Å². The van der Waals surface area contributed by atoms with Gasteiger partial charge >= 0.3 is 0 Å². The molecule has 3 heteroatoms. The molecule has 1 aromatic rings. The predicted octanol–water partition coefficient (Wildman–Crippen LogP) is 3.65. The Kier molecular flexibility index (Phi) is 3.62. The third-order valence-electron chi connectivity index (χ3n) is 2.63. The quantitative estimate of drug-likeness (QED) is 0.624. The van der Waals surface area contributed by atoms with Crippen molar-refractivity contribution >= 4 is 17.3 Å². The average molecular weight is 223 g/mol. The number of anilines is 1. The van der Waals surface area contributed by atoms with Crippen molar-refractivity contribution in [3.8, 4) is 0 Å². The molecule has 0 amide bonds. The molecule has 15 heavy (non-hydrogen) atoms. The largest absolute Gasteiger partial charge is 0.381 e. The molecule has 0 aliphatic heterocycles. The lowest BCUT2D eigenvalue weighted by Gasteiger charge is -2.14. The number of halogens is 1. The number of hydrogen-bond donors (Lipinski definition) is 1. The number of hydrogen-bond acceptors (Lipinski definition) is 2. The molecule has 0 spiro atoms. The van der Waals surface area contributed by atoms with Gasteiger partial charge in [0.25, 0.3) is 0 Å². The van der Waals surface area contributed by atoms with Crippen molar-refractivity contribution in [1.82, 2.24) is 4.98 Å². The van der Waals surface area contributed by atoms with Crippen molar-refractivity contribution in [2.75, 3.05) is 11.9 Å². The van der Waals surface area contributed by atoms with Gasteiger partial charge in [0.15, 0.2) is 0 Å². The molecule has 0 fully saturated rings. The Morgan fingerprint density at radius 1 is 1.40 bits per heavy atom. The Hall–Kier alpha value is -1.02. The summed E-state index contributed by atoms with van der Waals surface area (Å²) < 4.78 is 0. The van der Waals surface area contributed by atoms with Crippen LogP contribution in [0.5, 0.6) is 0 Å². The van der Waals surface area contributed by atoms with Gasteiger partial charge in [0, 0.05) is 18.4 Å². The maximum Gasteiger partial charge on any atom is 0.131 e. The molecular weight excluding hydrogens is 208 g/mol. The standard InChI is InChI=1S/C12H15ClN2/c13-12-8-11(6-7-14-12)15-9-10-4-2-1-3-5-10/h4,6-8H,1-3,5,9H2,(H,14,15). The highest BCUT2D eigenvalue weighted by atomic mass is 35.5. The van der Waals surface area contributed by atoms with Gasteiger partial charge in [-0.05, 0) is 37.8 Å². The van der Waals surface area contributed by atoms with Crippen molar-refractivity contribution in [1.29, 1.82) is 0 Å². The molecule has 2 nitrogen and oxygen atoms in total. The minimum absolute atomic E-state index is 0.539. The summed E-state index contributed by atoms with van der Waals surface area (Å²) in [6.07, 6.45) is 9.19. The summed E-state index contributed by atoms with van der Waals surface area (Å²) in [6.45, 7) is 0.931. The highest BCUT2D eigenvalue weighted by Crippen LogP contribution is 2.18. The summed E-state index contributed by atoms with van der Waals surface area (Å²) in [4.78, 5) is 3.95. The zero-order valence-electron chi connectivity index (χ0n) is 8.67. The molecule has 0 radical (unpaired) electrons. The monoisotopic (exact) mass is 222 g/mol. The Labute approximate surface area is 95.4 Å². The van der Waals surface area contributed by atoms with E-state index >= 15 is 0 Å². The summed E-state index contributed by atoms with van der Waals surface area (Å²) in [5.41, 5.74) is 2.55. The van der Waals surface area contributed by atoms with E-state index in [4.69, 9.17) is 11.6 Å². The van der Waals surface area contributed by atoms with Gasteiger partial charge < -0.3 is 5.32 Å². The molecule has 0 unspecified atom stereocenters. The highest BCUT2D eigenvalue weighted by molar-refractivity contribution is 6.29. The van der Waals surface area contributed by atoms with Crippen LogP contribution in [0, 0.1) is 0 Å². The number of nitrogens with one attached hydrogen (secondary N) is 1. The smallest absolute Gasteiger partial charge is 0.131 e. The van der Waals surface area contributed by atoms with Gasteiger partial charge in [-0.3, -0.25) is 0 Å². The molecule has 0 bridgehead atoms. The molecule has 0 saturated heterocycles. The molecule has 1 N–H and O–H groups in total. The first-order valence-electron chi connectivity index (χ1n) is 5.38. The van der Waals surface area contributed by atoms with Crippen LogP contribution in [0.3, 0.4) is 0 Å². The van der Waals surface area contributed by atoms with Crippen molar-refractivity contribution in [2.45, 2.75) is 25.7 Å². The molecular formula is C12H15ClN2. The number of allylic oxidation sites excluding steroid dienone is 1. The first kappa shape index (κ1) is 10.5. The molecule has 1 aliphatic carbocycles. The predicted molar refractivity (Wildman–Crippen MR) is 64.3 cm³/mol. The van der Waals surface area contributed by atoms with E-state index in [2.05, 4.69) is 16.4 Å². The molecule has 1 heterocycles. The van der Waals surface area contributed by atoms with E-state index < -0.39 is 0 Å². The van der Waals surface area contributed by atoms with Crippen molar-refractivity contribution in [2.24, 2.45) is 0 Å². The summed E-state index contributed by atoms with van der Waals surface area (Å²) >= 11 is 5.80. The van der Waals surface area contributed by atoms with Crippen LogP contribution >= 0.6 is 11.6 Å². The fraction of sp³-hybridized carbons (Fsp3) is 0.417. The molecule has 1 aliphatic rings. The minimum atomic E-state index is 0.539.